The van der Waals surface area contributed by atoms with Gasteiger partial charge in [-0.3, -0.25) is 4.79 Å². The highest BCUT2D eigenvalue weighted by molar-refractivity contribution is 7.16. The first-order chi connectivity index (χ1) is 15.5. The Morgan fingerprint density at radius 2 is 1.81 bits per heavy atom. The van der Waals surface area contributed by atoms with E-state index < -0.39 is 6.09 Å². The lowest BCUT2D eigenvalue weighted by Crippen LogP contribution is -2.36. The molecule has 1 aliphatic rings. The average Bonchev–Trinajstić information content (AvgIpc) is 3.16. The van der Waals surface area contributed by atoms with Gasteiger partial charge >= 0.3 is 6.09 Å². The number of anilines is 1. The van der Waals surface area contributed by atoms with E-state index >= 15 is 0 Å². The number of ether oxygens (including phenoxy) is 3. The SMILES string of the molecule is COc1ccc(C(=O)c2c(N)sc3c2CN(C(=O)OCc2ccccc2)CC3)cc1OC. The molecule has 0 fully saturated rings. The van der Waals surface area contributed by atoms with Crippen molar-refractivity contribution in [2.24, 2.45) is 0 Å². The maximum Gasteiger partial charge on any atom is 0.410 e. The van der Waals surface area contributed by atoms with Gasteiger partial charge in [0.05, 0.1) is 31.3 Å². The number of nitrogen functional groups attached to an aromatic ring is 1. The lowest BCUT2D eigenvalue weighted by molar-refractivity contribution is 0.0912. The van der Waals surface area contributed by atoms with Gasteiger partial charge in [-0.05, 0) is 35.7 Å². The molecule has 0 bridgehead atoms. The van der Waals surface area contributed by atoms with Crippen LogP contribution in [0.15, 0.2) is 48.5 Å². The fraction of sp³-hybridized carbons (Fsp3) is 0.250. The molecule has 2 N–H and O–H groups in total. The van der Waals surface area contributed by atoms with Crippen LogP contribution in [0.2, 0.25) is 0 Å². The van der Waals surface area contributed by atoms with Crippen LogP contribution in [0.5, 0.6) is 11.5 Å². The molecule has 2 heterocycles. The molecule has 0 unspecified atom stereocenters. The van der Waals surface area contributed by atoms with Crippen molar-refractivity contribution in [3.05, 3.63) is 75.7 Å². The van der Waals surface area contributed by atoms with E-state index in [-0.39, 0.29) is 18.9 Å². The fourth-order valence-electron chi connectivity index (χ4n) is 3.75. The molecule has 4 rings (SSSR count). The summed E-state index contributed by atoms with van der Waals surface area (Å²) >= 11 is 1.40. The Morgan fingerprint density at radius 1 is 1.06 bits per heavy atom. The van der Waals surface area contributed by atoms with E-state index in [0.717, 1.165) is 16.0 Å². The van der Waals surface area contributed by atoms with Gasteiger partial charge in [0.2, 0.25) is 0 Å². The number of methoxy groups -OCH3 is 2. The molecule has 1 aromatic heterocycles. The van der Waals surface area contributed by atoms with Crippen LogP contribution >= 0.6 is 11.3 Å². The topological polar surface area (TPSA) is 91.1 Å². The quantitative estimate of drug-likeness (QED) is 0.562. The highest BCUT2D eigenvalue weighted by atomic mass is 32.1. The third kappa shape index (κ3) is 4.27. The monoisotopic (exact) mass is 452 g/mol. The summed E-state index contributed by atoms with van der Waals surface area (Å²) in [5, 5.41) is 0.453. The molecular formula is C24H24N2O5S. The summed E-state index contributed by atoms with van der Waals surface area (Å²) in [5.41, 5.74) is 8.84. The Balaban J connectivity index is 1.54. The molecule has 0 saturated carbocycles. The molecule has 0 atom stereocenters. The van der Waals surface area contributed by atoms with Crippen molar-refractivity contribution in [1.82, 2.24) is 4.90 Å². The Bertz CT molecular complexity index is 1140. The van der Waals surface area contributed by atoms with Crippen LogP contribution in [0.4, 0.5) is 9.80 Å². The van der Waals surface area contributed by atoms with Gasteiger partial charge in [-0.2, -0.15) is 0 Å². The molecule has 2 aromatic carbocycles. The second-order valence-corrected chi connectivity index (χ2v) is 8.49. The minimum absolute atomic E-state index is 0.201. The van der Waals surface area contributed by atoms with Crippen LogP contribution in [0.1, 0.15) is 31.9 Å². The van der Waals surface area contributed by atoms with Gasteiger partial charge in [-0.15, -0.1) is 11.3 Å². The van der Waals surface area contributed by atoms with Crippen molar-refractivity contribution < 1.29 is 23.8 Å². The van der Waals surface area contributed by atoms with E-state index in [1.165, 1.54) is 25.6 Å². The maximum absolute atomic E-state index is 13.4. The summed E-state index contributed by atoms with van der Waals surface area (Å²) < 4.78 is 16.1. The molecule has 8 heteroatoms. The van der Waals surface area contributed by atoms with E-state index in [4.69, 9.17) is 19.9 Å². The second-order valence-electron chi connectivity index (χ2n) is 7.35. The number of ketones is 1. The predicted molar refractivity (Wildman–Crippen MR) is 122 cm³/mol. The van der Waals surface area contributed by atoms with Gasteiger partial charge in [-0.1, -0.05) is 30.3 Å². The summed E-state index contributed by atoms with van der Waals surface area (Å²) in [4.78, 5) is 28.6. The van der Waals surface area contributed by atoms with E-state index in [9.17, 15) is 9.59 Å². The normalized spacial score (nSPS) is 12.8. The van der Waals surface area contributed by atoms with Crippen molar-refractivity contribution in [2.75, 3.05) is 26.5 Å². The lowest BCUT2D eigenvalue weighted by Gasteiger charge is -2.27. The summed E-state index contributed by atoms with van der Waals surface area (Å²) in [5.74, 6) is 0.796. The van der Waals surface area contributed by atoms with E-state index in [0.29, 0.717) is 40.6 Å². The molecule has 0 saturated heterocycles. The minimum atomic E-state index is -0.409. The van der Waals surface area contributed by atoms with E-state index in [1.807, 2.05) is 30.3 Å². The van der Waals surface area contributed by atoms with Crippen molar-refractivity contribution in [3.8, 4) is 11.5 Å². The third-order valence-corrected chi connectivity index (χ3v) is 6.53. The standard InChI is InChI=1S/C24H24N2O5S/c1-29-18-9-8-16(12-19(18)30-2)22(27)21-17-13-26(11-10-20(17)32-23(21)25)24(28)31-14-15-6-4-3-5-7-15/h3-9,12H,10-11,13-14,25H2,1-2H3. The smallest absolute Gasteiger partial charge is 0.410 e. The number of fused-ring (bicyclic) bond motifs is 1. The van der Waals surface area contributed by atoms with Crippen molar-refractivity contribution >= 4 is 28.2 Å². The van der Waals surface area contributed by atoms with Crippen LogP contribution < -0.4 is 15.2 Å². The maximum atomic E-state index is 13.4. The van der Waals surface area contributed by atoms with Crippen LogP contribution in [-0.2, 0) is 24.3 Å². The van der Waals surface area contributed by atoms with E-state index in [2.05, 4.69) is 0 Å². The Hall–Kier alpha value is -3.52. The number of nitrogens with two attached hydrogens (primary N) is 1. The first-order valence-corrected chi connectivity index (χ1v) is 11.0. The third-order valence-electron chi connectivity index (χ3n) is 5.41. The van der Waals surface area contributed by atoms with Crippen molar-refractivity contribution in [2.45, 2.75) is 19.6 Å². The Labute approximate surface area is 190 Å². The summed E-state index contributed by atoms with van der Waals surface area (Å²) in [6.07, 6.45) is 0.220. The van der Waals surface area contributed by atoms with Gasteiger partial charge < -0.3 is 24.8 Å². The Morgan fingerprint density at radius 3 is 2.53 bits per heavy atom. The van der Waals surface area contributed by atoms with Crippen LogP contribution in [0.3, 0.4) is 0 Å². The lowest BCUT2D eigenvalue weighted by atomic mass is 9.97. The van der Waals surface area contributed by atoms with Gasteiger partial charge in [0.1, 0.15) is 6.61 Å². The number of rotatable bonds is 6. The molecule has 0 aliphatic carbocycles. The largest absolute Gasteiger partial charge is 0.493 e. The number of thiophene rings is 1. The molecule has 166 valence electrons. The number of benzene rings is 2. The highest BCUT2D eigenvalue weighted by Gasteiger charge is 2.30. The second kappa shape index (κ2) is 9.32. The zero-order chi connectivity index (χ0) is 22.7. The molecule has 1 aliphatic heterocycles. The average molecular weight is 453 g/mol. The first kappa shape index (κ1) is 21.7. The minimum Gasteiger partial charge on any atom is -0.493 e. The predicted octanol–water partition coefficient (Wildman–Crippen LogP) is 4.27. The molecule has 1 amide bonds. The summed E-state index contributed by atoms with van der Waals surface area (Å²) in [7, 11) is 3.06. The van der Waals surface area contributed by atoms with Crippen molar-refractivity contribution in [3.63, 3.8) is 0 Å². The molecule has 0 spiro atoms. The fourth-order valence-corrected chi connectivity index (χ4v) is 4.81. The highest BCUT2D eigenvalue weighted by Crippen LogP contribution is 2.38. The Kier molecular flexibility index (Phi) is 6.32. The zero-order valence-electron chi connectivity index (χ0n) is 17.9. The van der Waals surface area contributed by atoms with Crippen molar-refractivity contribution in [1.29, 1.82) is 0 Å². The number of nitrogens with zero attached hydrogens (tertiary/aromatic N) is 1. The summed E-state index contributed by atoms with van der Waals surface area (Å²) in [6.45, 7) is 1.00. The van der Waals surface area contributed by atoms with Gasteiger partial charge in [-0.25, -0.2) is 4.79 Å². The number of carbonyl (C=O) groups is 2. The first-order valence-electron chi connectivity index (χ1n) is 10.1. The van der Waals surface area contributed by atoms with Crippen LogP contribution in [0.25, 0.3) is 0 Å². The van der Waals surface area contributed by atoms with Gasteiger partial charge in [0, 0.05) is 17.0 Å². The number of carbonyl (C=O) groups excluding carboxylic acids is 2. The van der Waals surface area contributed by atoms with Crippen LogP contribution in [0, 0.1) is 0 Å². The number of hydrogen-bond donors (Lipinski definition) is 1. The number of amides is 1. The summed E-state index contributed by atoms with van der Waals surface area (Å²) in [6, 6.07) is 14.5. The number of hydrogen-bond acceptors (Lipinski definition) is 7. The van der Waals surface area contributed by atoms with Gasteiger partial charge in [0.15, 0.2) is 17.3 Å². The molecule has 7 nitrogen and oxygen atoms in total. The molecule has 3 aromatic rings. The van der Waals surface area contributed by atoms with Gasteiger partial charge in [0.25, 0.3) is 0 Å². The molecular weight excluding hydrogens is 428 g/mol. The van der Waals surface area contributed by atoms with E-state index in [1.54, 1.807) is 23.1 Å². The molecule has 32 heavy (non-hydrogen) atoms. The zero-order valence-corrected chi connectivity index (χ0v) is 18.7. The van der Waals surface area contributed by atoms with Crippen LogP contribution in [-0.4, -0.2) is 37.5 Å². The molecule has 0 radical (unpaired) electrons.